The Bertz CT molecular complexity index is 1210. The van der Waals surface area contributed by atoms with Crippen molar-refractivity contribution in [2.75, 3.05) is 6.61 Å². The van der Waals surface area contributed by atoms with Gasteiger partial charge in [-0.05, 0) is 58.6 Å². The van der Waals surface area contributed by atoms with E-state index in [0.717, 1.165) is 5.35 Å². The van der Waals surface area contributed by atoms with Crippen LogP contribution in [0.15, 0.2) is 0 Å². The second-order valence-corrected chi connectivity index (χ2v) is 12.4. The maximum atomic E-state index is 13.5. The van der Waals surface area contributed by atoms with E-state index < -0.39 is 63.5 Å². The van der Waals surface area contributed by atoms with E-state index in [2.05, 4.69) is 15.3 Å². The zero-order valence-electron chi connectivity index (χ0n) is 21.8. The molecule has 4 bridgehead atoms. The first-order valence-electron chi connectivity index (χ1n) is 12.1. The first-order valence-corrected chi connectivity index (χ1v) is 13.4. The molecule has 1 aromatic rings. The standard InChI is InChI=1S/C24H37N3O8S/c1-8-9-14(17(30)33-18-16-15-11-36(18)34-19(25-15)26-16)10-20(3)22(5,27-13(2)29)24(7,32)23(6,31)21(4,12-28)35-20/h11,14,28,31-32,36H,8-10,12H2,1-7H3,(H,25,26)(H,27,29)/t14-,20?,21?,22?,23?,24?/m1/s1. The van der Waals surface area contributed by atoms with Crippen molar-refractivity contribution in [2.24, 2.45) is 5.92 Å². The van der Waals surface area contributed by atoms with Crippen LogP contribution in [0, 0.1) is 5.92 Å². The summed E-state index contributed by atoms with van der Waals surface area (Å²) in [6, 6.07) is 0.408. The number of thiol groups is 1. The van der Waals surface area contributed by atoms with Gasteiger partial charge in [0.05, 0.1) is 29.0 Å². The van der Waals surface area contributed by atoms with Crippen molar-refractivity contribution in [3.8, 4) is 6.01 Å². The lowest BCUT2D eigenvalue weighted by atomic mass is 9.55. The minimum Gasteiger partial charge on any atom is -0.415 e. The second kappa shape index (κ2) is 8.45. The number of aliphatic hydroxyl groups is 3. The Kier molecular flexibility index (Phi) is 6.32. The van der Waals surface area contributed by atoms with E-state index in [-0.39, 0.29) is 6.42 Å². The summed E-state index contributed by atoms with van der Waals surface area (Å²) in [4.78, 5) is 33.1. The molecule has 0 aromatic carbocycles. The number of H-pyrrole nitrogens is 1. The summed E-state index contributed by atoms with van der Waals surface area (Å²) in [5.41, 5.74) is -8.52. The van der Waals surface area contributed by atoms with Gasteiger partial charge in [-0.2, -0.15) is 4.98 Å². The van der Waals surface area contributed by atoms with Gasteiger partial charge >= 0.3 is 12.0 Å². The third-order valence-corrected chi connectivity index (χ3v) is 10.1. The van der Waals surface area contributed by atoms with Crippen molar-refractivity contribution >= 4 is 33.6 Å². The van der Waals surface area contributed by atoms with E-state index in [4.69, 9.17) is 13.7 Å². The van der Waals surface area contributed by atoms with Gasteiger partial charge in [0, 0.05) is 12.3 Å². The van der Waals surface area contributed by atoms with E-state index in [1.807, 2.05) is 12.3 Å². The number of nitrogens with one attached hydrogen (secondary N) is 2. The number of hydrogen-bond acceptors (Lipinski definition) is 9. The monoisotopic (exact) mass is 527 g/mol. The molecule has 1 saturated heterocycles. The number of aromatic nitrogens is 2. The zero-order chi connectivity index (χ0) is 26.9. The topological polar surface area (TPSA) is 163 Å². The van der Waals surface area contributed by atoms with Gasteiger partial charge in [0.15, 0.2) is 0 Å². The number of aromatic amines is 1. The van der Waals surface area contributed by atoms with Crippen LogP contribution < -0.4 is 20.2 Å². The van der Waals surface area contributed by atoms with Crippen molar-refractivity contribution in [1.82, 2.24) is 15.3 Å². The Morgan fingerprint density at radius 2 is 1.86 bits per heavy atom. The van der Waals surface area contributed by atoms with Gasteiger partial charge < -0.3 is 39.3 Å². The van der Waals surface area contributed by atoms with E-state index in [1.165, 1.54) is 27.7 Å². The third-order valence-electron chi connectivity index (χ3n) is 8.53. The fourth-order valence-corrected chi connectivity index (χ4v) is 7.26. The van der Waals surface area contributed by atoms with Crippen LogP contribution in [0.5, 0.6) is 6.01 Å². The molecule has 5 unspecified atom stereocenters. The Hall–Kier alpha value is -2.12. The summed E-state index contributed by atoms with van der Waals surface area (Å²) in [6.45, 7) is 10.2. The SMILES string of the molecule is CCC[C@H](CC1(C)OC(C)(CO)C(C)(O)C(C)(O)C1(C)NC(C)=O)C(=O)OC1=c2nc3[nH]c2=C[S@@H]1O3. The number of hydrogen-bond donors (Lipinski definition) is 6. The predicted octanol–water partition coefficient (Wildman–Crippen LogP) is -0.178. The molecule has 7 atom stereocenters. The molecule has 0 spiro atoms. The highest BCUT2D eigenvalue weighted by Gasteiger charge is 2.74. The summed E-state index contributed by atoms with van der Waals surface area (Å²) >= 11 is -1.24. The summed E-state index contributed by atoms with van der Waals surface area (Å²) in [6.07, 6.45) is 1.13. The molecule has 0 saturated carbocycles. The van der Waals surface area contributed by atoms with E-state index in [1.54, 1.807) is 13.8 Å². The first-order chi connectivity index (χ1) is 16.6. The molecule has 1 fully saturated rings. The quantitative estimate of drug-likeness (QED) is 0.199. The van der Waals surface area contributed by atoms with Gasteiger partial charge in [-0.25, -0.2) is 0 Å². The maximum Gasteiger partial charge on any atom is 0.315 e. The molecule has 4 aliphatic rings. The second-order valence-electron chi connectivity index (χ2n) is 10.9. The van der Waals surface area contributed by atoms with E-state index in [0.29, 0.717) is 29.3 Å². The lowest BCUT2D eigenvalue weighted by molar-refractivity contribution is -0.370. The lowest BCUT2D eigenvalue weighted by Gasteiger charge is -2.68. The summed E-state index contributed by atoms with van der Waals surface area (Å²) in [5.74, 6) is -1.65. The fourth-order valence-electron chi connectivity index (χ4n) is 5.75. The molecular formula is C24H37N3O8S. The van der Waals surface area contributed by atoms with Crippen LogP contribution in [-0.2, 0) is 19.1 Å². The van der Waals surface area contributed by atoms with Crippen molar-refractivity contribution in [2.45, 2.75) is 95.7 Å². The number of rotatable bonds is 8. The molecule has 0 radical (unpaired) electrons. The van der Waals surface area contributed by atoms with E-state index in [9.17, 15) is 24.9 Å². The molecule has 5 N–H and O–H groups in total. The molecular weight excluding hydrogens is 490 g/mol. The number of amides is 1. The minimum absolute atomic E-state index is 0.0344. The van der Waals surface area contributed by atoms with Crippen LogP contribution >= 0.6 is 11.2 Å². The smallest absolute Gasteiger partial charge is 0.315 e. The van der Waals surface area contributed by atoms with Crippen molar-refractivity contribution < 1.29 is 38.6 Å². The molecule has 0 aliphatic carbocycles. The first kappa shape index (κ1) is 26.9. The molecule has 12 heteroatoms. The molecule has 11 nitrogen and oxygen atoms in total. The van der Waals surface area contributed by atoms with Gasteiger partial charge in [-0.15, -0.1) is 0 Å². The highest BCUT2D eigenvalue weighted by atomic mass is 32.2. The highest BCUT2D eigenvalue weighted by Crippen LogP contribution is 2.55. The normalized spacial score (nSPS) is 39.4. The summed E-state index contributed by atoms with van der Waals surface area (Å²) in [5, 5.41) is 39.9. The number of aliphatic hydroxyl groups excluding tert-OH is 1. The summed E-state index contributed by atoms with van der Waals surface area (Å²) < 4.78 is 17.9. The number of ether oxygens (including phenoxy) is 2. The van der Waals surface area contributed by atoms with Gasteiger partial charge in [0.25, 0.3) is 0 Å². The Balaban J connectivity index is 1.72. The average Bonchev–Trinajstić information content (AvgIpc) is 3.19. The van der Waals surface area contributed by atoms with Crippen LogP contribution in [0.2, 0.25) is 0 Å². The van der Waals surface area contributed by atoms with Crippen LogP contribution in [0.4, 0.5) is 0 Å². The summed E-state index contributed by atoms with van der Waals surface area (Å²) in [7, 11) is 0. The Morgan fingerprint density at radius 1 is 1.19 bits per heavy atom. The number of esters is 1. The number of carbonyl (C=O) groups excluding carboxylic acids is 2. The molecule has 202 valence electrons. The van der Waals surface area contributed by atoms with Crippen LogP contribution in [0.1, 0.15) is 67.7 Å². The number of carbonyl (C=O) groups is 2. The highest BCUT2D eigenvalue weighted by molar-refractivity contribution is 8.27. The van der Waals surface area contributed by atoms with Gasteiger partial charge in [-0.3, -0.25) is 9.59 Å². The molecule has 5 rings (SSSR count). The van der Waals surface area contributed by atoms with Gasteiger partial charge in [0.2, 0.25) is 11.0 Å². The van der Waals surface area contributed by atoms with E-state index >= 15 is 0 Å². The van der Waals surface area contributed by atoms with Crippen LogP contribution in [0.3, 0.4) is 0 Å². The van der Waals surface area contributed by atoms with Crippen molar-refractivity contribution in [3.63, 3.8) is 0 Å². The predicted molar refractivity (Wildman–Crippen MR) is 133 cm³/mol. The lowest BCUT2D eigenvalue weighted by Crippen LogP contribution is -2.88. The molecule has 1 amide bonds. The molecule has 1 aromatic heterocycles. The minimum atomic E-state index is -1.98. The Labute approximate surface area is 212 Å². The molecule has 5 heterocycles. The average molecular weight is 528 g/mol. The Morgan fingerprint density at radius 3 is 2.42 bits per heavy atom. The molecule has 4 aliphatic heterocycles. The number of nitrogens with zero attached hydrogens (tertiary/aromatic N) is 1. The zero-order valence-corrected chi connectivity index (χ0v) is 22.7. The number of imidazole rings is 1. The van der Waals surface area contributed by atoms with Crippen LogP contribution in [-0.4, -0.2) is 71.7 Å². The third kappa shape index (κ3) is 3.60. The van der Waals surface area contributed by atoms with Gasteiger partial charge in [-0.1, -0.05) is 13.3 Å². The van der Waals surface area contributed by atoms with Gasteiger partial charge in [0.1, 0.15) is 22.2 Å². The van der Waals surface area contributed by atoms with Crippen LogP contribution in [0.25, 0.3) is 10.5 Å². The fraction of sp³-hybridized carbons (Fsp3) is 0.708. The maximum absolute atomic E-state index is 13.5. The molecule has 36 heavy (non-hydrogen) atoms. The largest absolute Gasteiger partial charge is 0.415 e. The van der Waals surface area contributed by atoms with Crippen molar-refractivity contribution in [1.29, 1.82) is 0 Å². The van der Waals surface area contributed by atoms with Crippen molar-refractivity contribution in [3.05, 3.63) is 10.7 Å².